The Bertz CT molecular complexity index is 2380. The fraction of sp³-hybridized carbons (Fsp3) is 1.00. The van der Waals surface area contributed by atoms with E-state index in [1.165, 1.54) is 297 Å². The van der Waals surface area contributed by atoms with E-state index in [0.29, 0.717) is 0 Å². The minimum atomic E-state index is -8.92. The van der Waals surface area contributed by atoms with Crippen LogP contribution in [0.25, 0.3) is 0 Å². The van der Waals surface area contributed by atoms with Gasteiger partial charge in [0.25, 0.3) is 0 Å². The molecule has 0 saturated heterocycles. The van der Waals surface area contributed by atoms with E-state index >= 15 is 0 Å². The maximum absolute atomic E-state index is 13.0. The van der Waals surface area contributed by atoms with Crippen molar-refractivity contribution in [3.63, 3.8) is 0 Å². The number of quaternary nitrogens is 3. The van der Waals surface area contributed by atoms with E-state index in [4.69, 9.17) is 0 Å². The molecule has 110 heavy (non-hydrogen) atoms. The molecule has 0 aliphatic heterocycles. The van der Waals surface area contributed by atoms with Gasteiger partial charge < -0.3 is 39.8 Å². The molecule has 0 aliphatic rings. The third-order valence-corrected chi connectivity index (χ3v) is 20.0. The van der Waals surface area contributed by atoms with Gasteiger partial charge in [0.1, 0.15) is 0 Å². The number of unbranched alkanes of at least 4 members (excludes halogenated alkanes) is 20. The van der Waals surface area contributed by atoms with E-state index in [1.54, 1.807) is 0 Å². The minimum absolute atomic E-state index is 1.35. The third kappa shape index (κ3) is 38.4. The smallest absolute Gasteiger partial charge is 0.673 e. The Hall–Kier alpha value is -2.34. The van der Waals surface area contributed by atoms with Gasteiger partial charge in [-0.2, -0.15) is 114 Å². The summed E-state index contributed by atoms with van der Waals surface area (Å²) in [6.45, 7) is 45.2. The van der Waals surface area contributed by atoms with Crippen LogP contribution in [0.2, 0.25) is 0 Å². The molecule has 9 nitrogen and oxygen atoms in total. The normalized spacial score (nSPS) is 13.9. The van der Waals surface area contributed by atoms with Crippen LogP contribution in [0.5, 0.6) is 0 Å². The molecule has 0 heterocycles. The van der Waals surface area contributed by atoms with Crippen LogP contribution in [-0.2, 0) is 20.2 Å². The van der Waals surface area contributed by atoms with Gasteiger partial charge in [-0.15, -0.1) is 0 Å². The molecule has 0 saturated carbocycles. The highest BCUT2D eigenvalue weighted by atomic mass is 32.2. The molecule has 0 aromatic rings. The van der Waals surface area contributed by atoms with Gasteiger partial charge in [-0.25, -0.2) is 16.8 Å². The molecule has 0 aliphatic carbocycles. The average molecular weight is 1720 g/mol. The van der Waals surface area contributed by atoms with E-state index < -0.39 is 97.7 Å². The first kappa shape index (κ1) is 119. The second kappa shape index (κ2) is 53.2. The Balaban J connectivity index is -0.000000307. The van der Waals surface area contributed by atoms with Crippen LogP contribution in [0.1, 0.15) is 289 Å². The van der Waals surface area contributed by atoms with Crippen LogP contribution in [0.4, 0.5) is 131 Å². The van der Waals surface area contributed by atoms with Crippen molar-refractivity contribution < 1.29 is 171 Å². The molecule has 0 aromatic heterocycles. The SMILES string of the molecule is CCCCCC[N+](CCCCCC)(CCCCCC)CCCCCC.CCCC[N+](CCCC)(CCCC)CCCC.CCCC[N+](CCCC)(CCCC)CCCC.F[B-](F)(F)F.O=S(=O)([O-])C(F)(F)C(F)(F)C(F)(F)C(F)(F)C(F)(F)C(F)(F)C(F)(F)C(F)(F)F.O=S(=O)([O-])C(F)(F)C(F)(F)C(F)(F)C(F)(F)F. The Morgan fingerprint density at radius 3 is 0.464 bits per heavy atom. The van der Waals surface area contributed by atoms with Crippen molar-refractivity contribution in [3.8, 4) is 0 Å². The number of alkyl halides is 26. The van der Waals surface area contributed by atoms with Gasteiger partial charge in [-0.1, -0.05) is 186 Å². The molecule has 0 unspecified atom stereocenters. The molecular weight excluding hydrogens is 1600 g/mol. The van der Waals surface area contributed by atoms with E-state index in [-0.39, 0.29) is 0 Å². The van der Waals surface area contributed by atoms with Gasteiger partial charge in [0, 0.05) is 0 Å². The average Bonchev–Trinajstić information content (AvgIpc) is 0.693. The first-order chi connectivity index (χ1) is 49.7. The van der Waals surface area contributed by atoms with Crippen LogP contribution in [0.15, 0.2) is 0 Å². The number of rotatable bonds is 54. The van der Waals surface area contributed by atoms with Gasteiger partial charge in [-0.3, -0.25) is 0 Å². The molecule has 0 rings (SSSR count). The standard InChI is InChI=1S/C24H52N.2C16H36N.C8HF17O3S.C4HF9O3S.BF4/c1-5-9-13-17-21-25(22-18-14-10-6-2,23-19-15-11-7-3)24-20-16-12-8-4;2*1-5-9-13-17(14-10-6-2,15-11-7-3)16-12-8-4;9-1(10,3(13,14)5(17,18)7(21,22)23)2(11,12)4(15,16)6(19,20)8(24,25)29(26,27)28;5-1(6,3(9,10)11)2(7,8)4(12,13)17(14,15)16;2-1(3,4)5/h5-24H2,1-4H3;2*5-16H2,1-4H3;(H,26,27,28);(H,14,15,16);/q3*+1;;;-1/p-2. The Labute approximate surface area is 633 Å². The molecule has 672 valence electrons. The van der Waals surface area contributed by atoms with Crippen molar-refractivity contribution in [2.75, 3.05) is 78.5 Å². The number of hydrogen-bond acceptors (Lipinski definition) is 6. The van der Waals surface area contributed by atoms with Gasteiger partial charge in [0.15, 0.2) is 20.2 Å². The molecule has 0 aromatic carbocycles. The van der Waals surface area contributed by atoms with Crippen molar-refractivity contribution in [2.24, 2.45) is 0 Å². The topological polar surface area (TPSA) is 114 Å². The summed E-state index contributed by atoms with van der Waals surface area (Å²) >= 11 is 0. The zero-order valence-corrected chi connectivity index (χ0v) is 67.3. The summed E-state index contributed by atoms with van der Waals surface area (Å²) in [5.74, 6) is -67.0. The van der Waals surface area contributed by atoms with Gasteiger partial charge in [0.2, 0.25) is 0 Å². The van der Waals surface area contributed by atoms with Crippen molar-refractivity contribution in [2.45, 2.75) is 359 Å². The van der Waals surface area contributed by atoms with E-state index in [0.717, 1.165) is 0 Å². The highest BCUT2D eigenvalue weighted by Crippen LogP contribution is 2.64. The number of nitrogens with zero attached hydrogens (tertiary/aromatic N) is 3. The lowest BCUT2D eigenvalue weighted by Crippen LogP contribution is -2.75. The summed E-state index contributed by atoms with van der Waals surface area (Å²) in [5.41, 5.74) is 0. The van der Waals surface area contributed by atoms with Crippen LogP contribution >= 0.6 is 0 Å². The molecule has 0 N–H and O–H groups in total. The fourth-order valence-corrected chi connectivity index (χ4v) is 12.2. The summed E-state index contributed by atoms with van der Waals surface area (Å²) in [5, 5.41) is -15.1. The largest absolute Gasteiger partial charge is 0.743 e. The summed E-state index contributed by atoms with van der Waals surface area (Å²) in [7, 11) is -21.6. The van der Waals surface area contributed by atoms with E-state index in [9.17, 15) is 157 Å². The zero-order valence-electron chi connectivity index (χ0n) is 65.6. The van der Waals surface area contributed by atoms with Crippen LogP contribution in [0.3, 0.4) is 0 Å². The summed E-state index contributed by atoms with van der Waals surface area (Å²) in [4.78, 5) is 0. The molecule has 42 heteroatoms. The molecule has 0 atom stereocenters. The van der Waals surface area contributed by atoms with Gasteiger partial charge in [-0.05, 0) is 103 Å². The second-order valence-corrected chi connectivity index (χ2v) is 30.6. The highest BCUT2D eigenvalue weighted by Gasteiger charge is 2.96. The quantitative estimate of drug-likeness (QED) is 0.0197. The van der Waals surface area contributed by atoms with Crippen molar-refractivity contribution in [1.29, 1.82) is 0 Å². The van der Waals surface area contributed by atoms with Crippen LogP contribution < -0.4 is 0 Å². The molecule has 0 bridgehead atoms. The van der Waals surface area contributed by atoms with Crippen LogP contribution in [0, 0.1) is 0 Å². The Morgan fingerprint density at radius 1 is 0.209 bits per heavy atom. The molecular formula is C68H124BF30N3O6S2. The Morgan fingerprint density at radius 2 is 0.327 bits per heavy atom. The van der Waals surface area contributed by atoms with Crippen molar-refractivity contribution in [1.82, 2.24) is 0 Å². The predicted molar refractivity (Wildman–Crippen MR) is 366 cm³/mol. The van der Waals surface area contributed by atoms with E-state index in [2.05, 4.69) is 83.1 Å². The van der Waals surface area contributed by atoms with Crippen molar-refractivity contribution in [3.05, 3.63) is 0 Å². The van der Waals surface area contributed by atoms with Crippen molar-refractivity contribution >= 4 is 27.5 Å². The maximum atomic E-state index is 13.0. The summed E-state index contributed by atoms with van der Waals surface area (Å²) < 4.78 is 423. The molecule has 0 radical (unpaired) electrons. The lowest BCUT2D eigenvalue weighted by Gasteiger charge is -2.42. The second-order valence-electron chi connectivity index (χ2n) is 27.8. The van der Waals surface area contributed by atoms with Gasteiger partial charge in [0.05, 0.1) is 78.5 Å². The number of halogens is 30. The molecule has 0 amide bonds. The lowest BCUT2D eigenvalue weighted by atomic mass is 9.91. The molecule has 0 spiro atoms. The minimum Gasteiger partial charge on any atom is -0.743 e. The number of hydrogen-bond donors (Lipinski definition) is 0. The monoisotopic (exact) mass is 1720 g/mol. The fourth-order valence-electron chi connectivity index (χ4n) is 11.3. The first-order valence-electron chi connectivity index (χ1n) is 38.0. The predicted octanol–water partition coefficient (Wildman–Crippen LogP) is 25.9. The first-order valence-corrected chi connectivity index (χ1v) is 40.8. The third-order valence-electron chi connectivity index (χ3n) is 18.3. The summed E-state index contributed by atoms with van der Waals surface area (Å²) in [6.07, 6.45) is 29.9. The van der Waals surface area contributed by atoms with Gasteiger partial charge >= 0.3 is 77.5 Å². The zero-order chi connectivity index (χ0) is 88.1. The Kier molecular flexibility index (Phi) is 57.3. The van der Waals surface area contributed by atoms with E-state index in [1.807, 2.05) is 0 Å². The highest BCUT2D eigenvalue weighted by molar-refractivity contribution is 7.87. The van der Waals surface area contributed by atoms with Crippen LogP contribution in [-0.4, -0.2) is 195 Å². The molecule has 0 fully saturated rings. The summed E-state index contributed by atoms with van der Waals surface area (Å²) in [6, 6.07) is 0. The lowest BCUT2D eigenvalue weighted by molar-refractivity contribution is -0.929. The maximum Gasteiger partial charge on any atom is 0.673 e.